The second kappa shape index (κ2) is 10.5. The van der Waals surface area contributed by atoms with Gasteiger partial charge in [-0.15, -0.1) is 22.0 Å². The Kier molecular flexibility index (Phi) is 7.16. The first-order valence-electron chi connectivity index (χ1n) is 12.5. The summed E-state index contributed by atoms with van der Waals surface area (Å²) in [6.07, 6.45) is -8.04. The third kappa shape index (κ3) is 5.91. The number of ether oxygens (including phenoxy) is 4. The van der Waals surface area contributed by atoms with Crippen molar-refractivity contribution in [3.05, 3.63) is 53.1 Å². The van der Waals surface area contributed by atoms with Crippen LogP contribution in [0.5, 0.6) is 23.0 Å². The molecule has 0 saturated carbocycles. The molecular weight excluding hydrogens is 573 g/mol. The van der Waals surface area contributed by atoms with Gasteiger partial charge in [-0.1, -0.05) is 0 Å². The van der Waals surface area contributed by atoms with E-state index < -0.39 is 42.5 Å². The fraction of sp³-hybridized carbons (Fsp3) is 0.308. The van der Waals surface area contributed by atoms with Crippen LogP contribution in [0.2, 0.25) is 0 Å². The molecule has 0 atom stereocenters. The molecule has 1 amide bonds. The number of halogens is 5. The number of H-pyrrole nitrogens is 1. The molecule has 16 heteroatoms. The molecule has 2 aromatic heterocycles. The summed E-state index contributed by atoms with van der Waals surface area (Å²) in [4.78, 5) is 34.5. The van der Waals surface area contributed by atoms with Gasteiger partial charge in [-0.25, -0.2) is 9.67 Å². The summed E-state index contributed by atoms with van der Waals surface area (Å²) in [5.74, 6) is -1.70. The van der Waals surface area contributed by atoms with Crippen LogP contribution in [-0.4, -0.2) is 51.0 Å². The highest BCUT2D eigenvalue weighted by Gasteiger charge is 2.43. The molecule has 0 radical (unpaired) electrons. The topological polar surface area (TPSA) is 121 Å². The molecule has 0 unspecified atom stereocenters. The molecule has 42 heavy (non-hydrogen) atoms. The molecule has 1 N–H and O–H groups in total. The standard InChI is InChI=1S/C26H22F5N5O6/c1-4-35(15-5-6-18-19(9-15)42-26(30,31)41-18)20(37)11-36-24(38)23-22(32-12-33-23)21(34-36)14-7-16(39-13(2)3)10-17(8-14)40-25(27,28)29/h5-10,12-13H,4,11H2,1-3H3,(H,32,33). The smallest absolute Gasteiger partial charge is 0.491 e. The highest BCUT2D eigenvalue weighted by atomic mass is 19.4. The minimum atomic E-state index is -5.00. The maximum Gasteiger partial charge on any atom is 0.586 e. The average molecular weight is 595 g/mol. The highest BCUT2D eigenvalue weighted by Crippen LogP contribution is 2.43. The summed E-state index contributed by atoms with van der Waals surface area (Å²) >= 11 is 0. The van der Waals surface area contributed by atoms with Gasteiger partial charge < -0.3 is 28.8 Å². The Morgan fingerprint density at radius 3 is 2.52 bits per heavy atom. The first-order chi connectivity index (χ1) is 19.7. The van der Waals surface area contributed by atoms with E-state index in [4.69, 9.17) is 4.74 Å². The number of carbonyl (C=O) groups is 1. The molecule has 3 heterocycles. The Balaban J connectivity index is 1.53. The number of hydrogen-bond donors (Lipinski definition) is 1. The van der Waals surface area contributed by atoms with Crippen LogP contribution in [-0.2, 0) is 11.3 Å². The Morgan fingerprint density at radius 2 is 1.83 bits per heavy atom. The van der Waals surface area contributed by atoms with Gasteiger partial charge in [-0.2, -0.15) is 5.10 Å². The molecule has 0 fully saturated rings. The highest BCUT2D eigenvalue weighted by molar-refractivity contribution is 5.94. The number of rotatable bonds is 8. The Hall–Kier alpha value is -4.89. The zero-order chi connectivity index (χ0) is 30.4. The van der Waals surface area contributed by atoms with Crippen LogP contribution in [0, 0.1) is 0 Å². The van der Waals surface area contributed by atoms with Gasteiger partial charge in [0.15, 0.2) is 11.5 Å². The van der Waals surface area contributed by atoms with Crippen molar-refractivity contribution < 1.29 is 45.7 Å². The van der Waals surface area contributed by atoms with Gasteiger partial charge in [0.05, 0.1) is 12.4 Å². The van der Waals surface area contributed by atoms with Gasteiger partial charge in [0.1, 0.15) is 34.8 Å². The van der Waals surface area contributed by atoms with Gasteiger partial charge in [-0.05, 0) is 45.0 Å². The number of likely N-dealkylation sites (N-methyl/N-ethyl adjacent to an activating group) is 1. The van der Waals surface area contributed by atoms with E-state index in [1.165, 1.54) is 35.5 Å². The zero-order valence-electron chi connectivity index (χ0n) is 22.2. The van der Waals surface area contributed by atoms with Crippen LogP contribution < -0.4 is 29.4 Å². The fourth-order valence-electron chi connectivity index (χ4n) is 4.34. The van der Waals surface area contributed by atoms with E-state index in [0.29, 0.717) is 0 Å². The molecule has 1 aliphatic heterocycles. The number of nitrogens with zero attached hydrogens (tertiary/aromatic N) is 4. The SMILES string of the molecule is CCN(C(=O)Cn1nc(-c2cc(OC(C)C)cc(OC(F)(F)F)c2)c2nc[nH]c2c1=O)c1ccc2c(c1)OC(F)(F)O2. The molecule has 4 aromatic rings. The number of amides is 1. The van der Waals surface area contributed by atoms with Gasteiger partial charge >= 0.3 is 12.7 Å². The van der Waals surface area contributed by atoms with E-state index in [-0.39, 0.29) is 51.8 Å². The minimum Gasteiger partial charge on any atom is -0.491 e. The van der Waals surface area contributed by atoms with Crippen LogP contribution in [0.3, 0.4) is 0 Å². The maximum atomic E-state index is 13.5. The summed E-state index contributed by atoms with van der Waals surface area (Å²) in [6.45, 7) is 4.44. The van der Waals surface area contributed by atoms with Crippen molar-refractivity contribution in [3.63, 3.8) is 0 Å². The molecule has 5 rings (SSSR count). The molecular formula is C26H22F5N5O6. The largest absolute Gasteiger partial charge is 0.586 e. The summed E-state index contributed by atoms with van der Waals surface area (Å²) in [5, 5.41) is 4.27. The Bertz CT molecular complexity index is 1720. The second-order valence-electron chi connectivity index (χ2n) is 9.28. The van der Waals surface area contributed by atoms with Crippen molar-refractivity contribution in [2.75, 3.05) is 11.4 Å². The molecule has 222 valence electrons. The van der Waals surface area contributed by atoms with E-state index in [2.05, 4.69) is 29.3 Å². The van der Waals surface area contributed by atoms with Crippen molar-refractivity contribution in [3.8, 4) is 34.3 Å². The van der Waals surface area contributed by atoms with Gasteiger partial charge in [0.25, 0.3) is 5.56 Å². The van der Waals surface area contributed by atoms with E-state index in [0.717, 1.165) is 16.8 Å². The molecule has 0 spiro atoms. The zero-order valence-corrected chi connectivity index (χ0v) is 22.2. The number of anilines is 1. The molecule has 0 bridgehead atoms. The van der Waals surface area contributed by atoms with Crippen molar-refractivity contribution >= 4 is 22.6 Å². The van der Waals surface area contributed by atoms with Crippen molar-refractivity contribution in [1.29, 1.82) is 0 Å². The van der Waals surface area contributed by atoms with Crippen molar-refractivity contribution in [1.82, 2.24) is 19.7 Å². The average Bonchev–Trinajstić information content (AvgIpc) is 3.47. The number of aromatic nitrogens is 4. The number of nitrogens with one attached hydrogen (secondary N) is 1. The van der Waals surface area contributed by atoms with Crippen LogP contribution in [0.15, 0.2) is 47.5 Å². The Morgan fingerprint density at radius 1 is 1.12 bits per heavy atom. The first kappa shape index (κ1) is 28.6. The lowest BCUT2D eigenvalue weighted by atomic mass is 10.1. The van der Waals surface area contributed by atoms with E-state index >= 15 is 0 Å². The normalized spacial score (nSPS) is 13.9. The molecule has 1 aliphatic rings. The molecule has 0 aliphatic carbocycles. The van der Waals surface area contributed by atoms with E-state index in [1.807, 2.05) is 0 Å². The monoisotopic (exact) mass is 595 g/mol. The van der Waals surface area contributed by atoms with Crippen LogP contribution in [0.4, 0.5) is 27.6 Å². The lowest BCUT2D eigenvalue weighted by molar-refractivity contribution is -0.286. The third-order valence-electron chi connectivity index (χ3n) is 5.89. The minimum absolute atomic E-state index is 0.0339. The van der Waals surface area contributed by atoms with Gasteiger partial charge in [0.2, 0.25) is 5.91 Å². The van der Waals surface area contributed by atoms with Gasteiger partial charge in [-0.3, -0.25) is 9.59 Å². The molecule has 11 nitrogen and oxygen atoms in total. The lowest BCUT2D eigenvalue weighted by Gasteiger charge is -2.21. The Labute approximate surface area is 233 Å². The third-order valence-corrected chi connectivity index (χ3v) is 5.89. The number of aromatic amines is 1. The predicted octanol–water partition coefficient (Wildman–Crippen LogP) is 4.85. The summed E-state index contributed by atoms with van der Waals surface area (Å²) in [6, 6.07) is 7.28. The summed E-state index contributed by atoms with van der Waals surface area (Å²) in [5.41, 5.74) is -0.543. The fourth-order valence-corrected chi connectivity index (χ4v) is 4.34. The predicted molar refractivity (Wildman–Crippen MR) is 137 cm³/mol. The van der Waals surface area contributed by atoms with Crippen molar-refractivity contribution in [2.24, 2.45) is 0 Å². The number of alkyl halides is 5. The van der Waals surface area contributed by atoms with Crippen LogP contribution in [0.1, 0.15) is 20.8 Å². The number of fused-ring (bicyclic) bond motifs is 2. The van der Waals surface area contributed by atoms with Crippen molar-refractivity contribution in [2.45, 2.75) is 46.1 Å². The number of benzene rings is 2. The van der Waals surface area contributed by atoms with Gasteiger partial charge in [0, 0.05) is 29.9 Å². The van der Waals surface area contributed by atoms with E-state index in [9.17, 15) is 31.5 Å². The first-order valence-corrected chi connectivity index (χ1v) is 12.5. The summed E-state index contributed by atoms with van der Waals surface area (Å²) in [7, 11) is 0. The number of hydrogen-bond acceptors (Lipinski definition) is 8. The van der Waals surface area contributed by atoms with E-state index in [1.54, 1.807) is 20.8 Å². The number of carbonyl (C=O) groups excluding carboxylic acids is 1. The van der Waals surface area contributed by atoms with Crippen LogP contribution >= 0.6 is 0 Å². The maximum absolute atomic E-state index is 13.5. The number of imidazole rings is 1. The quantitative estimate of drug-likeness (QED) is 0.287. The lowest BCUT2D eigenvalue weighted by Crippen LogP contribution is -2.37. The second-order valence-corrected chi connectivity index (χ2v) is 9.28. The summed E-state index contributed by atoms with van der Waals surface area (Å²) < 4.78 is 85.5. The molecule has 0 saturated heterocycles. The molecule has 2 aromatic carbocycles. The van der Waals surface area contributed by atoms with Crippen LogP contribution in [0.25, 0.3) is 22.3 Å².